The second kappa shape index (κ2) is 31.9. The average molecular weight is 1910 g/mol. The van der Waals surface area contributed by atoms with Gasteiger partial charge in [-0.05, 0) is 218 Å². The molecule has 0 bridgehead atoms. The molecule has 0 saturated heterocycles. The van der Waals surface area contributed by atoms with Gasteiger partial charge in [0, 0.05) is 117 Å². The minimum atomic E-state index is -2.30. The highest BCUT2D eigenvalue weighted by Crippen LogP contribution is 2.48. The SMILES string of the molecule is Cc1ccc2c3c1c1ccccc1c1ncc(n13)CO2.Cc1ccc2c3c1c1ccccc1c1ncc(n13)C[Si]2(C)C.Cc1ccc2c3c1c1ccccc1c1ncc(n13)C[Si]2(c1ccccc1)c1ccccc1.Cc1ccc2c3c1c1ccccc1c1ncc(n13)OC2.Cc1ccc2c3c1c1ccccc1c1ncc(n13)[Si](C)(C)C2.Cc1cccc(C)c1-c1cc2c3c(c1C)c1ccccc1c1ncc(n13)CC2. The average Bonchev–Trinajstić information content (AvgIpc) is 1.32. The molecule has 0 amide bonds. The van der Waals surface area contributed by atoms with E-state index < -0.39 is 24.2 Å². The molecule has 15 aromatic carbocycles. The Morgan fingerprint density at radius 2 is 0.639 bits per heavy atom. The number of aryl methyl sites for hydroxylation is 10. The number of aromatic nitrogens is 12. The molecule has 696 valence electrons. The fourth-order valence-electron chi connectivity index (χ4n) is 26.3. The van der Waals surface area contributed by atoms with Gasteiger partial charge in [0.15, 0.2) is 8.07 Å². The van der Waals surface area contributed by atoms with Gasteiger partial charge in [-0.1, -0.05) is 305 Å². The molecule has 0 fully saturated rings. The molecule has 12 aromatic heterocycles. The molecule has 0 unspecified atom stereocenters. The van der Waals surface area contributed by atoms with Crippen LogP contribution in [0.1, 0.15) is 84.0 Å². The summed E-state index contributed by atoms with van der Waals surface area (Å²) in [7, 11) is -5.22. The predicted molar refractivity (Wildman–Crippen MR) is 604 cm³/mol. The van der Waals surface area contributed by atoms with Crippen molar-refractivity contribution in [2.24, 2.45) is 0 Å². The molecule has 0 aliphatic carbocycles. The molecule has 144 heavy (non-hydrogen) atoms. The summed E-state index contributed by atoms with van der Waals surface area (Å²) in [6.45, 7) is 28.9. The second-order valence-corrected chi connectivity index (χ2v) is 55.3. The largest absolute Gasteiger partial charge is 0.485 e. The van der Waals surface area contributed by atoms with Gasteiger partial charge in [-0.15, -0.1) is 0 Å². The molecule has 6 aliphatic rings. The van der Waals surface area contributed by atoms with Gasteiger partial charge in [0.1, 0.15) is 60.9 Å². The summed E-state index contributed by atoms with van der Waals surface area (Å²) in [4.78, 5) is 28.6. The fourth-order valence-corrected chi connectivity index (χ4v) is 36.6. The highest BCUT2D eigenvalue weighted by Gasteiger charge is 2.46. The Bertz CT molecular complexity index is 10100. The van der Waals surface area contributed by atoms with Crippen LogP contribution in [-0.4, -0.2) is 80.5 Å². The van der Waals surface area contributed by atoms with E-state index in [1.807, 2.05) is 12.4 Å². The maximum Gasteiger partial charge on any atom is 0.219 e. The third-order valence-corrected chi connectivity index (χ3v) is 43.7. The van der Waals surface area contributed by atoms with Crippen LogP contribution in [0.25, 0.3) is 175 Å². The molecule has 0 N–H and O–H groups in total. The molecular weight excluding hydrogens is 1810 g/mol. The maximum atomic E-state index is 5.89. The summed E-state index contributed by atoms with van der Waals surface area (Å²) in [5.74, 6) is 1.79. The van der Waals surface area contributed by atoms with Crippen LogP contribution in [0, 0.1) is 55.4 Å². The van der Waals surface area contributed by atoms with Gasteiger partial charge in [0.05, 0.1) is 59.3 Å². The van der Waals surface area contributed by atoms with E-state index in [4.69, 9.17) is 29.4 Å². The first kappa shape index (κ1) is 85.8. The number of nitrogens with zero attached hydrogens (tertiary/aromatic N) is 12. The van der Waals surface area contributed by atoms with E-state index in [2.05, 4.69) is 434 Å². The van der Waals surface area contributed by atoms with Crippen molar-refractivity contribution in [3.8, 4) is 22.8 Å². The van der Waals surface area contributed by atoms with Crippen LogP contribution in [0.2, 0.25) is 26.2 Å². The van der Waals surface area contributed by atoms with Crippen molar-refractivity contribution in [3.05, 3.63) is 412 Å². The Kier molecular flexibility index (Phi) is 19.0. The lowest BCUT2D eigenvalue weighted by atomic mass is 9.86. The first-order valence-corrected chi connectivity index (χ1v) is 59.2. The van der Waals surface area contributed by atoms with E-state index in [0.717, 1.165) is 75.6 Å². The zero-order valence-electron chi connectivity index (χ0n) is 82.8. The van der Waals surface area contributed by atoms with Crippen molar-refractivity contribution in [2.75, 3.05) is 0 Å². The van der Waals surface area contributed by atoms with Crippen molar-refractivity contribution in [1.82, 2.24) is 56.3 Å². The molecule has 27 aromatic rings. The number of fused-ring (bicyclic) bond motifs is 18. The Hall–Kier alpha value is -16.2. The predicted octanol–water partition coefficient (Wildman–Crippen LogP) is 26.4. The topological polar surface area (TPSA) is 122 Å². The molecule has 18 heterocycles. The lowest BCUT2D eigenvalue weighted by Gasteiger charge is -2.38. The molecule has 14 nitrogen and oxygen atoms in total. The summed E-state index contributed by atoms with van der Waals surface area (Å²) in [6, 6.07) is 109. The molecule has 0 saturated carbocycles. The fraction of sp³-hybridized carbons (Fsp3) is 0.150. The quantitative estimate of drug-likeness (QED) is 0.127. The third kappa shape index (κ3) is 12.3. The zero-order chi connectivity index (χ0) is 96.9. The Labute approximate surface area is 834 Å². The number of hydrogen-bond acceptors (Lipinski definition) is 8. The Morgan fingerprint density at radius 1 is 0.257 bits per heavy atom. The van der Waals surface area contributed by atoms with Crippen LogP contribution in [0.15, 0.2) is 328 Å². The van der Waals surface area contributed by atoms with Crippen LogP contribution >= 0.6 is 0 Å². The number of hydrogen-bond donors (Lipinski definition) is 0. The Balaban J connectivity index is 0.0000000847. The van der Waals surface area contributed by atoms with E-state index in [1.54, 1.807) is 5.19 Å². The van der Waals surface area contributed by atoms with Crippen molar-refractivity contribution < 1.29 is 9.47 Å². The lowest BCUT2D eigenvalue weighted by molar-refractivity contribution is 0.286. The van der Waals surface area contributed by atoms with Gasteiger partial charge in [-0.25, -0.2) is 29.9 Å². The number of imidazole rings is 6. The van der Waals surface area contributed by atoms with Gasteiger partial charge < -0.3 is 13.9 Å². The molecule has 6 aliphatic heterocycles. The van der Waals surface area contributed by atoms with Crippen LogP contribution in [0.3, 0.4) is 0 Å². The zero-order valence-corrected chi connectivity index (χ0v) is 85.8. The van der Waals surface area contributed by atoms with Crippen LogP contribution in [0.5, 0.6) is 11.6 Å². The number of benzene rings is 15. The van der Waals surface area contributed by atoms with Gasteiger partial charge >= 0.3 is 0 Å². The second-order valence-electron chi connectivity index (χ2n) is 42.1. The van der Waals surface area contributed by atoms with Gasteiger partial charge in [0.25, 0.3) is 0 Å². The standard InChI is InChI=1S/C29H22N2Si.C26H22N2.2C19H18N2Si.2C17H12N2O/c1-20-16-17-26-28-27(20)24-14-8-9-15-25(24)29-30-18-21(31(28)29)19-32(26,22-10-4-2-5-11-22)23-12-6-3-7-13-23;1-15-7-6-8-16(2)23(15)22-13-18-11-12-19-14-27-26-21-10-5-4-9-20(21)24(17(22)3)25(18)28(19)26;1-12-8-9-16-18-17(12)14-6-4-5-7-15(14)19-20-10-13(21(18)19)11-22(16,2)3;1-12-8-9-13-11-22(2,3)16-10-20-19-15-7-5-4-6-14(15)17(12)18(13)21(16)19;1-10-6-7-14-16-15(10)12-4-2-3-5-13(12)17-18-8-11(9-20-14)19(16)17;1-10-6-7-11-9-20-14-8-18-17-13-5-3-2-4-12(13)15(10)16(11)19(14)17/h2-18H,19H2,1H3;4-10,13-14H,11-12H2,1-3H3;2*4-10H,11H2,1-3H3;2*2-8H,9H2,1H3. The van der Waals surface area contributed by atoms with Crippen LogP contribution in [-0.2, 0) is 44.2 Å². The number of pyridine rings is 6. The highest BCUT2D eigenvalue weighted by molar-refractivity contribution is 7.12. The molecule has 0 atom stereocenters. The van der Waals surface area contributed by atoms with Crippen molar-refractivity contribution in [3.63, 3.8) is 0 Å². The monoisotopic (exact) mass is 1910 g/mol. The first-order chi connectivity index (χ1) is 70.3. The summed E-state index contributed by atoms with van der Waals surface area (Å²) >= 11 is 0. The Morgan fingerprint density at radius 3 is 1.17 bits per heavy atom. The lowest BCUT2D eigenvalue weighted by Crippen LogP contribution is -2.70. The van der Waals surface area contributed by atoms with Crippen LogP contribution < -0.4 is 35.5 Å². The van der Waals surface area contributed by atoms with E-state index in [0.29, 0.717) is 13.2 Å². The van der Waals surface area contributed by atoms with Crippen molar-refractivity contribution in [1.29, 1.82) is 0 Å². The molecule has 0 spiro atoms. The van der Waals surface area contributed by atoms with E-state index in [1.165, 1.54) is 247 Å². The van der Waals surface area contributed by atoms with E-state index in [-0.39, 0.29) is 0 Å². The molecule has 0 radical (unpaired) electrons. The minimum Gasteiger partial charge on any atom is -0.485 e. The highest BCUT2D eigenvalue weighted by atomic mass is 28.3. The van der Waals surface area contributed by atoms with E-state index >= 15 is 0 Å². The molecule has 33 rings (SSSR count). The van der Waals surface area contributed by atoms with E-state index in [9.17, 15) is 0 Å². The summed E-state index contributed by atoms with van der Waals surface area (Å²) in [6.07, 6.45) is 14.3. The van der Waals surface area contributed by atoms with Crippen molar-refractivity contribution >= 4 is 214 Å². The van der Waals surface area contributed by atoms with Gasteiger partial charge in [0.2, 0.25) is 5.88 Å². The van der Waals surface area contributed by atoms with Crippen LogP contribution in [0.4, 0.5) is 0 Å². The summed E-state index contributed by atoms with van der Waals surface area (Å²) < 4.78 is 25.9. The first-order valence-electron chi connectivity index (χ1n) is 50.6. The number of rotatable bonds is 3. The summed E-state index contributed by atoms with van der Waals surface area (Å²) in [5.41, 5.74) is 37.2. The molecule has 17 heteroatoms. The summed E-state index contributed by atoms with van der Waals surface area (Å²) in [5, 5.41) is 30.8. The molecular formula is C127H104N12O2Si3. The maximum absolute atomic E-state index is 5.89. The third-order valence-electron chi connectivity index (χ3n) is 32.8. The minimum absolute atomic E-state index is 0.588. The number of ether oxygens (including phenoxy) is 2. The van der Waals surface area contributed by atoms with Gasteiger partial charge in [-0.3, -0.25) is 22.0 Å². The van der Waals surface area contributed by atoms with Gasteiger partial charge in [-0.2, -0.15) is 0 Å². The normalized spacial score (nSPS) is 14.5. The smallest absolute Gasteiger partial charge is 0.219 e. The van der Waals surface area contributed by atoms with Crippen molar-refractivity contribution in [2.45, 2.75) is 126 Å².